The molecule has 1 aromatic carbocycles. The van der Waals surface area contributed by atoms with Crippen LogP contribution in [0.2, 0.25) is 0 Å². The van der Waals surface area contributed by atoms with Crippen molar-refractivity contribution in [1.29, 1.82) is 0 Å². The Bertz CT molecular complexity index is 1060. The molecule has 0 radical (unpaired) electrons. The van der Waals surface area contributed by atoms with E-state index in [4.69, 9.17) is 9.84 Å². The molecular weight excluding hydrogens is 393 g/mol. The average Bonchev–Trinajstić information content (AvgIpc) is 2.69. The van der Waals surface area contributed by atoms with Gasteiger partial charge in [-0.3, -0.25) is 4.79 Å². The van der Waals surface area contributed by atoms with Crippen LogP contribution in [0.3, 0.4) is 0 Å². The second-order valence-corrected chi connectivity index (χ2v) is 5.53. The SMILES string of the molecule is O=C(O)c1nccnc1C(=O)Nc1ccc(Oc2cccc(C(F)(F)F)c2)nc1. The number of ether oxygens (including phenoxy) is 1. The molecule has 0 atom stereocenters. The van der Waals surface area contributed by atoms with E-state index in [9.17, 15) is 22.8 Å². The zero-order valence-electron chi connectivity index (χ0n) is 14.3. The zero-order valence-corrected chi connectivity index (χ0v) is 14.3. The van der Waals surface area contributed by atoms with Gasteiger partial charge < -0.3 is 15.2 Å². The summed E-state index contributed by atoms with van der Waals surface area (Å²) in [6.45, 7) is 0. The number of benzene rings is 1. The van der Waals surface area contributed by atoms with E-state index >= 15 is 0 Å². The Labute approximate surface area is 161 Å². The molecule has 2 aromatic heterocycles. The second kappa shape index (κ2) is 7.92. The molecule has 11 heteroatoms. The summed E-state index contributed by atoms with van der Waals surface area (Å²) in [4.78, 5) is 34.5. The number of carbonyl (C=O) groups is 2. The topological polar surface area (TPSA) is 114 Å². The Morgan fingerprint density at radius 1 is 1.00 bits per heavy atom. The molecule has 0 aliphatic heterocycles. The maximum absolute atomic E-state index is 12.7. The molecule has 1 amide bonds. The number of amides is 1. The van der Waals surface area contributed by atoms with Crippen molar-refractivity contribution in [2.45, 2.75) is 6.18 Å². The van der Waals surface area contributed by atoms with Crippen LogP contribution in [0.15, 0.2) is 55.0 Å². The Kier molecular flexibility index (Phi) is 5.39. The van der Waals surface area contributed by atoms with E-state index in [0.29, 0.717) is 0 Å². The highest BCUT2D eigenvalue weighted by Crippen LogP contribution is 2.32. The van der Waals surface area contributed by atoms with Crippen molar-refractivity contribution in [2.75, 3.05) is 5.32 Å². The molecular formula is C18H11F3N4O4. The predicted octanol–water partition coefficient (Wildman–Crippen LogP) is 3.63. The lowest BCUT2D eigenvalue weighted by Crippen LogP contribution is -2.19. The standard InChI is InChI=1S/C18H11F3N4O4/c19-18(20,21)10-2-1-3-12(8-10)29-13-5-4-11(9-24-13)25-16(26)14-15(17(27)28)23-7-6-22-14/h1-9H,(H,25,26)(H,27,28). The largest absolute Gasteiger partial charge is 0.476 e. The molecule has 148 valence electrons. The second-order valence-electron chi connectivity index (χ2n) is 5.53. The minimum Gasteiger partial charge on any atom is -0.476 e. The van der Waals surface area contributed by atoms with Gasteiger partial charge in [-0.1, -0.05) is 6.07 Å². The highest BCUT2D eigenvalue weighted by atomic mass is 19.4. The van der Waals surface area contributed by atoms with Gasteiger partial charge in [0.25, 0.3) is 5.91 Å². The smallest absolute Gasteiger partial charge is 0.416 e. The van der Waals surface area contributed by atoms with Gasteiger partial charge in [-0.2, -0.15) is 13.2 Å². The summed E-state index contributed by atoms with van der Waals surface area (Å²) in [6, 6.07) is 6.99. The van der Waals surface area contributed by atoms with Gasteiger partial charge in [-0.15, -0.1) is 0 Å². The number of anilines is 1. The fraction of sp³-hybridized carbons (Fsp3) is 0.0556. The average molecular weight is 404 g/mol. The molecule has 0 spiro atoms. The number of nitrogens with one attached hydrogen (secondary N) is 1. The molecule has 0 bridgehead atoms. The first kappa shape index (κ1) is 19.7. The van der Waals surface area contributed by atoms with Gasteiger partial charge in [-0.25, -0.2) is 19.7 Å². The summed E-state index contributed by atoms with van der Waals surface area (Å²) in [6.07, 6.45) is -0.999. The first-order chi connectivity index (χ1) is 13.7. The van der Waals surface area contributed by atoms with Crippen LogP contribution in [0.1, 0.15) is 26.5 Å². The fourth-order valence-corrected chi connectivity index (χ4v) is 2.22. The Hall–Kier alpha value is -4.02. The van der Waals surface area contributed by atoms with Crippen LogP contribution in [0.25, 0.3) is 0 Å². The molecule has 0 aliphatic carbocycles. The number of pyridine rings is 1. The summed E-state index contributed by atoms with van der Waals surface area (Å²) in [5.74, 6) is -2.29. The van der Waals surface area contributed by atoms with E-state index in [1.165, 1.54) is 36.7 Å². The normalized spacial score (nSPS) is 11.0. The maximum Gasteiger partial charge on any atom is 0.416 e. The molecule has 0 unspecified atom stereocenters. The monoisotopic (exact) mass is 404 g/mol. The first-order valence-electron chi connectivity index (χ1n) is 7.91. The number of halogens is 3. The molecule has 0 saturated heterocycles. The number of aromatic carboxylic acids is 1. The highest BCUT2D eigenvalue weighted by molar-refractivity contribution is 6.08. The van der Waals surface area contributed by atoms with Crippen LogP contribution in [0, 0.1) is 0 Å². The Morgan fingerprint density at radius 2 is 1.72 bits per heavy atom. The van der Waals surface area contributed by atoms with Gasteiger partial charge in [-0.05, 0) is 24.3 Å². The predicted molar refractivity (Wildman–Crippen MR) is 92.7 cm³/mol. The summed E-state index contributed by atoms with van der Waals surface area (Å²) in [5, 5.41) is 11.4. The molecule has 3 rings (SSSR count). The van der Waals surface area contributed by atoms with Crippen LogP contribution in [-0.4, -0.2) is 31.9 Å². The maximum atomic E-state index is 12.7. The molecule has 0 saturated carbocycles. The van der Waals surface area contributed by atoms with Gasteiger partial charge in [0.15, 0.2) is 11.4 Å². The molecule has 2 heterocycles. The van der Waals surface area contributed by atoms with Gasteiger partial charge in [0.2, 0.25) is 5.88 Å². The number of carbonyl (C=O) groups excluding carboxylic acids is 1. The molecule has 8 nitrogen and oxygen atoms in total. The number of aromatic nitrogens is 3. The van der Waals surface area contributed by atoms with Crippen molar-refractivity contribution in [3.63, 3.8) is 0 Å². The highest BCUT2D eigenvalue weighted by Gasteiger charge is 2.30. The van der Waals surface area contributed by atoms with Crippen molar-refractivity contribution in [2.24, 2.45) is 0 Å². The summed E-state index contributed by atoms with van der Waals surface area (Å²) >= 11 is 0. The van der Waals surface area contributed by atoms with E-state index < -0.39 is 29.3 Å². The summed E-state index contributed by atoms with van der Waals surface area (Å²) < 4.78 is 43.5. The van der Waals surface area contributed by atoms with Crippen LogP contribution in [-0.2, 0) is 6.18 Å². The minimum atomic E-state index is -4.50. The van der Waals surface area contributed by atoms with Crippen LogP contribution >= 0.6 is 0 Å². The molecule has 0 aliphatic rings. The minimum absolute atomic E-state index is 0.00643. The van der Waals surface area contributed by atoms with E-state index in [0.717, 1.165) is 18.3 Å². The Morgan fingerprint density at radius 3 is 2.34 bits per heavy atom. The van der Waals surface area contributed by atoms with E-state index in [1.807, 2.05) is 0 Å². The molecule has 0 fully saturated rings. The molecule has 29 heavy (non-hydrogen) atoms. The van der Waals surface area contributed by atoms with Gasteiger partial charge in [0.1, 0.15) is 5.75 Å². The van der Waals surface area contributed by atoms with Crippen LogP contribution < -0.4 is 10.1 Å². The lowest BCUT2D eigenvalue weighted by Gasteiger charge is -2.10. The molecule has 2 N–H and O–H groups in total. The van der Waals surface area contributed by atoms with Crippen molar-refractivity contribution in [3.8, 4) is 11.6 Å². The number of carboxylic acid groups (broad SMARTS) is 1. The zero-order chi connectivity index (χ0) is 21.0. The van der Waals surface area contributed by atoms with Crippen molar-refractivity contribution in [3.05, 3.63) is 71.9 Å². The number of hydrogen-bond donors (Lipinski definition) is 2. The number of nitrogens with zero attached hydrogens (tertiary/aromatic N) is 3. The van der Waals surface area contributed by atoms with Gasteiger partial charge in [0.05, 0.1) is 17.4 Å². The third-order valence-corrected chi connectivity index (χ3v) is 3.49. The number of alkyl halides is 3. The lowest BCUT2D eigenvalue weighted by molar-refractivity contribution is -0.137. The summed E-state index contributed by atoms with van der Waals surface area (Å²) in [5.41, 5.74) is -1.57. The van der Waals surface area contributed by atoms with Crippen LogP contribution in [0.5, 0.6) is 11.6 Å². The first-order valence-corrected chi connectivity index (χ1v) is 7.91. The van der Waals surface area contributed by atoms with Crippen LogP contribution in [0.4, 0.5) is 18.9 Å². The quantitative estimate of drug-likeness (QED) is 0.667. The Balaban J connectivity index is 1.71. The van der Waals surface area contributed by atoms with Gasteiger partial charge in [0, 0.05) is 18.5 Å². The lowest BCUT2D eigenvalue weighted by atomic mass is 10.2. The fourth-order valence-electron chi connectivity index (χ4n) is 2.22. The number of hydrogen-bond acceptors (Lipinski definition) is 6. The third kappa shape index (κ3) is 4.83. The van der Waals surface area contributed by atoms with Gasteiger partial charge >= 0.3 is 12.1 Å². The van der Waals surface area contributed by atoms with Crippen molar-refractivity contribution < 1.29 is 32.6 Å². The van der Waals surface area contributed by atoms with E-state index in [2.05, 4.69) is 20.3 Å². The summed E-state index contributed by atoms with van der Waals surface area (Å²) in [7, 11) is 0. The van der Waals surface area contributed by atoms with Crippen molar-refractivity contribution in [1.82, 2.24) is 15.0 Å². The van der Waals surface area contributed by atoms with E-state index in [1.54, 1.807) is 0 Å². The van der Waals surface area contributed by atoms with E-state index in [-0.39, 0.29) is 23.0 Å². The van der Waals surface area contributed by atoms with Crippen molar-refractivity contribution >= 4 is 17.6 Å². The number of carboxylic acids is 1. The third-order valence-electron chi connectivity index (χ3n) is 3.49. The molecule has 3 aromatic rings. The number of rotatable bonds is 5.